The number of ether oxygens (including phenoxy) is 1. The van der Waals surface area contributed by atoms with Crippen molar-refractivity contribution in [2.45, 2.75) is 24.5 Å². The Kier molecular flexibility index (Phi) is 5.41. The lowest BCUT2D eigenvalue weighted by atomic mass is 9.71. The number of benzene rings is 3. The zero-order valence-corrected chi connectivity index (χ0v) is 17.8. The van der Waals surface area contributed by atoms with Crippen molar-refractivity contribution in [2.75, 3.05) is 25.2 Å². The van der Waals surface area contributed by atoms with Gasteiger partial charge in [0.2, 0.25) is 0 Å². The molecule has 1 saturated heterocycles. The van der Waals surface area contributed by atoms with Gasteiger partial charge in [-0.25, -0.2) is 4.39 Å². The van der Waals surface area contributed by atoms with E-state index in [4.69, 9.17) is 4.74 Å². The van der Waals surface area contributed by atoms with E-state index in [2.05, 4.69) is 4.90 Å². The SMILES string of the molecule is COc1cccc(C(=O)N2C[C@@H]3[C@H](c4ccccc42)[C@@H](CO)N3Cc2ccccc2F)c1. The maximum atomic E-state index is 14.3. The van der Waals surface area contributed by atoms with E-state index in [0.29, 0.717) is 30.0 Å². The molecular weight excluding hydrogens is 407 g/mol. The lowest BCUT2D eigenvalue weighted by molar-refractivity contribution is -0.0494. The van der Waals surface area contributed by atoms with E-state index in [-0.39, 0.29) is 36.3 Å². The van der Waals surface area contributed by atoms with Crippen LogP contribution >= 0.6 is 0 Å². The molecule has 2 aliphatic rings. The Morgan fingerprint density at radius 1 is 1.09 bits per heavy atom. The van der Waals surface area contributed by atoms with E-state index in [1.807, 2.05) is 36.4 Å². The molecule has 2 aliphatic heterocycles. The molecule has 0 spiro atoms. The summed E-state index contributed by atoms with van der Waals surface area (Å²) in [5.41, 5.74) is 3.06. The number of aliphatic hydroxyl groups is 1. The van der Waals surface area contributed by atoms with Crippen LogP contribution in [-0.4, -0.2) is 48.3 Å². The standard InChI is InChI=1S/C26H25FN2O3/c1-32-19-9-6-8-17(13-19)26(31)29-15-23-25(20-10-3-5-12-22(20)29)24(16-30)28(23)14-18-7-2-4-11-21(18)27/h2-13,23-25,30H,14-16H2,1H3/t23-,24-,25+/m1/s1. The molecule has 3 atom stereocenters. The summed E-state index contributed by atoms with van der Waals surface area (Å²) in [5.74, 6) is 0.364. The van der Waals surface area contributed by atoms with Gasteiger partial charge in [0.25, 0.3) is 5.91 Å². The second-order valence-electron chi connectivity index (χ2n) is 8.31. The van der Waals surface area contributed by atoms with Gasteiger partial charge in [-0.1, -0.05) is 42.5 Å². The van der Waals surface area contributed by atoms with E-state index < -0.39 is 0 Å². The molecule has 0 saturated carbocycles. The fourth-order valence-corrected chi connectivity index (χ4v) is 5.13. The van der Waals surface area contributed by atoms with Crippen LogP contribution in [0.3, 0.4) is 0 Å². The number of aliphatic hydroxyl groups excluding tert-OH is 1. The second-order valence-corrected chi connectivity index (χ2v) is 8.31. The quantitative estimate of drug-likeness (QED) is 0.666. The smallest absolute Gasteiger partial charge is 0.258 e. The Hall–Kier alpha value is -3.22. The van der Waals surface area contributed by atoms with Crippen molar-refractivity contribution in [3.63, 3.8) is 0 Å². The van der Waals surface area contributed by atoms with Crippen LogP contribution in [0.15, 0.2) is 72.8 Å². The van der Waals surface area contributed by atoms with Crippen LogP contribution in [0.1, 0.15) is 27.4 Å². The number of hydrogen-bond acceptors (Lipinski definition) is 4. The lowest BCUT2D eigenvalue weighted by Gasteiger charge is -2.59. The van der Waals surface area contributed by atoms with Crippen molar-refractivity contribution in [1.82, 2.24) is 4.90 Å². The van der Waals surface area contributed by atoms with Gasteiger partial charge in [-0.3, -0.25) is 9.69 Å². The molecule has 0 radical (unpaired) electrons. The zero-order chi connectivity index (χ0) is 22.2. The minimum atomic E-state index is -0.256. The topological polar surface area (TPSA) is 53.0 Å². The molecule has 3 aromatic carbocycles. The third-order valence-electron chi connectivity index (χ3n) is 6.70. The molecule has 1 amide bonds. The van der Waals surface area contributed by atoms with E-state index in [0.717, 1.165) is 11.3 Å². The highest BCUT2D eigenvalue weighted by Crippen LogP contribution is 2.49. The molecule has 164 valence electrons. The van der Waals surface area contributed by atoms with Crippen molar-refractivity contribution in [3.8, 4) is 5.75 Å². The summed E-state index contributed by atoms with van der Waals surface area (Å²) in [6.07, 6.45) is 0. The summed E-state index contributed by atoms with van der Waals surface area (Å²) in [6, 6.07) is 21.6. The molecular formula is C26H25FN2O3. The minimum Gasteiger partial charge on any atom is -0.497 e. The van der Waals surface area contributed by atoms with Crippen LogP contribution in [0.4, 0.5) is 10.1 Å². The number of carbonyl (C=O) groups excluding carboxylic acids is 1. The predicted molar refractivity (Wildman–Crippen MR) is 120 cm³/mol. The number of anilines is 1. The zero-order valence-electron chi connectivity index (χ0n) is 17.8. The molecule has 0 unspecified atom stereocenters. The number of amides is 1. The molecule has 5 nitrogen and oxygen atoms in total. The van der Waals surface area contributed by atoms with E-state index in [9.17, 15) is 14.3 Å². The number of likely N-dealkylation sites (tertiary alicyclic amines) is 1. The predicted octanol–water partition coefficient (Wildman–Crippen LogP) is 3.82. The number of para-hydroxylation sites is 1. The van der Waals surface area contributed by atoms with E-state index in [1.165, 1.54) is 6.07 Å². The number of hydrogen-bond donors (Lipinski definition) is 1. The Morgan fingerprint density at radius 2 is 1.88 bits per heavy atom. The van der Waals surface area contributed by atoms with Crippen LogP contribution < -0.4 is 9.64 Å². The van der Waals surface area contributed by atoms with Gasteiger partial charge < -0.3 is 14.7 Å². The number of halogens is 1. The highest BCUT2D eigenvalue weighted by Gasteiger charge is 2.53. The second kappa shape index (κ2) is 8.37. The molecule has 5 rings (SSSR count). The highest BCUT2D eigenvalue weighted by molar-refractivity contribution is 6.07. The maximum absolute atomic E-state index is 14.3. The Balaban J connectivity index is 1.50. The first-order valence-corrected chi connectivity index (χ1v) is 10.8. The van der Waals surface area contributed by atoms with Gasteiger partial charge in [0.05, 0.1) is 13.7 Å². The first-order chi connectivity index (χ1) is 15.6. The van der Waals surface area contributed by atoms with Crippen molar-refractivity contribution in [2.24, 2.45) is 0 Å². The molecule has 1 N–H and O–H groups in total. The average Bonchev–Trinajstić information content (AvgIpc) is 2.83. The number of methoxy groups -OCH3 is 1. The molecule has 2 heterocycles. The fourth-order valence-electron chi connectivity index (χ4n) is 5.13. The van der Waals surface area contributed by atoms with Crippen molar-refractivity contribution in [3.05, 3.63) is 95.3 Å². The Morgan fingerprint density at radius 3 is 2.66 bits per heavy atom. The third kappa shape index (κ3) is 3.36. The van der Waals surface area contributed by atoms with Gasteiger partial charge in [-0.2, -0.15) is 0 Å². The monoisotopic (exact) mass is 432 g/mol. The summed E-state index contributed by atoms with van der Waals surface area (Å²) in [6.45, 7) is 0.846. The molecule has 32 heavy (non-hydrogen) atoms. The Bertz CT molecular complexity index is 1150. The molecule has 0 aromatic heterocycles. The first-order valence-electron chi connectivity index (χ1n) is 10.8. The summed E-state index contributed by atoms with van der Waals surface area (Å²) in [7, 11) is 1.58. The normalized spacial score (nSPS) is 22.0. The van der Waals surface area contributed by atoms with Gasteiger partial charge in [0, 0.05) is 47.9 Å². The van der Waals surface area contributed by atoms with Gasteiger partial charge in [0.15, 0.2) is 0 Å². The fraction of sp³-hybridized carbons (Fsp3) is 0.269. The van der Waals surface area contributed by atoms with Crippen LogP contribution in [-0.2, 0) is 6.54 Å². The van der Waals surface area contributed by atoms with E-state index in [1.54, 1.807) is 42.3 Å². The lowest BCUT2D eigenvalue weighted by Crippen LogP contribution is -2.68. The first kappa shape index (κ1) is 20.7. The largest absolute Gasteiger partial charge is 0.497 e. The molecule has 0 aliphatic carbocycles. The van der Waals surface area contributed by atoms with Gasteiger partial charge in [-0.05, 0) is 35.9 Å². The summed E-state index contributed by atoms with van der Waals surface area (Å²) in [4.78, 5) is 17.4. The van der Waals surface area contributed by atoms with Gasteiger partial charge >= 0.3 is 0 Å². The number of nitrogens with zero attached hydrogens (tertiary/aromatic N) is 2. The van der Waals surface area contributed by atoms with Crippen molar-refractivity contribution in [1.29, 1.82) is 0 Å². The number of rotatable bonds is 5. The van der Waals surface area contributed by atoms with Crippen LogP contribution in [0.25, 0.3) is 0 Å². The van der Waals surface area contributed by atoms with Crippen LogP contribution in [0, 0.1) is 5.82 Å². The maximum Gasteiger partial charge on any atom is 0.258 e. The molecule has 6 heteroatoms. The van der Waals surface area contributed by atoms with Crippen LogP contribution in [0.2, 0.25) is 0 Å². The number of fused-ring (bicyclic) bond motifs is 3. The third-order valence-corrected chi connectivity index (χ3v) is 6.70. The Labute approximate surface area is 186 Å². The summed E-state index contributed by atoms with van der Waals surface area (Å²) >= 11 is 0. The molecule has 0 bridgehead atoms. The highest BCUT2D eigenvalue weighted by atomic mass is 19.1. The minimum absolute atomic E-state index is 0.00351. The molecule has 1 fully saturated rings. The average molecular weight is 432 g/mol. The van der Waals surface area contributed by atoms with E-state index >= 15 is 0 Å². The van der Waals surface area contributed by atoms with Crippen LogP contribution in [0.5, 0.6) is 5.75 Å². The molecule has 3 aromatic rings. The number of carbonyl (C=O) groups is 1. The van der Waals surface area contributed by atoms with Crippen molar-refractivity contribution >= 4 is 11.6 Å². The van der Waals surface area contributed by atoms with Gasteiger partial charge in [0.1, 0.15) is 11.6 Å². The summed E-state index contributed by atoms with van der Waals surface area (Å²) < 4.78 is 19.6. The van der Waals surface area contributed by atoms with Gasteiger partial charge in [-0.15, -0.1) is 0 Å². The van der Waals surface area contributed by atoms with Crippen molar-refractivity contribution < 1.29 is 19.0 Å². The summed E-state index contributed by atoms with van der Waals surface area (Å²) in [5, 5.41) is 10.1.